The van der Waals surface area contributed by atoms with Crippen molar-refractivity contribution in [3.05, 3.63) is 57.6 Å². The van der Waals surface area contributed by atoms with Crippen LogP contribution < -0.4 is 11.1 Å². The summed E-state index contributed by atoms with van der Waals surface area (Å²) in [6, 6.07) is 5.91. The molecule has 0 atom stereocenters. The Hall–Kier alpha value is -1.85. The highest BCUT2D eigenvalue weighted by Crippen LogP contribution is 2.26. The molecule has 0 saturated heterocycles. The second kappa shape index (κ2) is 5.64. The van der Waals surface area contributed by atoms with Gasteiger partial charge in [-0.05, 0) is 30.3 Å². The molecule has 0 unspecified atom stereocenters. The zero-order valence-electron chi connectivity index (χ0n) is 9.88. The Morgan fingerprint density at radius 3 is 2.50 bits per heavy atom. The van der Waals surface area contributed by atoms with E-state index in [0.29, 0.717) is 5.02 Å². The molecule has 7 heteroatoms. The van der Waals surface area contributed by atoms with Gasteiger partial charge in [-0.1, -0.05) is 23.2 Å². The molecule has 3 nitrogen and oxygen atoms in total. The number of nitrogens with two attached hydrogens (primary N) is 1. The highest BCUT2D eigenvalue weighted by molar-refractivity contribution is 6.36. The van der Waals surface area contributed by atoms with Gasteiger partial charge in [0.1, 0.15) is 5.82 Å². The fourth-order valence-corrected chi connectivity index (χ4v) is 2.01. The van der Waals surface area contributed by atoms with Crippen LogP contribution >= 0.6 is 23.2 Å². The van der Waals surface area contributed by atoms with E-state index in [9.17, 15) is 13.6 Å². The van der Waals surface area contributed by atoms with Crippen LogP contribution in [0.4, 0.5) is 20.2 Å². The normalized spacial score (nSPS) is 10.4. The molecule has 20 heavy (non-hydrogen) atoms. The first-order valence-electron chi connectivity index (χ1n) is 5.39. The summed E-state index contributed by atoms with van der Waals surface area (Å²) < 4.78 is 26.9. The summed E-state index contributed by atoms with van der Waals surface area (Å²) in [5.74, 6) is -2.66. The summed E-state index contributed by atoms with van der Waals surface area (Å²) in [4.78, 5) is 11.9. The Morgan fingerprint density at radius 2 is 1.85 bits per heavy atom. The first kappa shape index (κ1) is 14.6. The number of nitrogen functional groups attached to an aromatic ring is 1. The second-order valence-electron chi connectivity index (χ2n) is 3.93. The molecule has 0 fully saturated rings. The lowest BCUT2D eigenvalue weighted by Gasteiger charge is -2.09. The Balaban J connectivity index is 2.33. The number of anilines is 2. The molecule has 2 aromatic carbocycles. The number of halogens is 4. The number of hydrogen-bond donors (Lipinski definition) is 2. The molecule has 0 heterocycles. The first-order chi connectivity index (χ1) is 9.38. The molecule has 0 spiro atoms. The van der Waals surface area contributed by atoms with Gasteiger partial charge in [-0.2, -0.15) is 0 Å². The third-order valence-corrected chi connectivity index (χ3v) is 3.04. The third-order valence-electron chi connectivity index (χ3n) is 2.49. The SMILES string of the molecule is Nc1cc(F)cc(C(=O)Nc2ccc(Cl)cc2Cl)c1F. The average Bonchev–Trinajstić information content (AvgIpc) is 2.37. The van der Waals surface area contributed by atoms with Gasteiger partial charge in [0, 0.05) is 5.02 Å². The third kappa shape index (κ3) is 3.00. The van der Waals surface area contributed by atoms with E-state index in [2.05, 4.69) is 5.32 Å². The maximum absolute atomic E-state index is 13.7. The number of rotatable bonds is 2. The predicted molar refractivity (Wildman–Crippen MR) is 75.2 cm³/mol. The van der Waals surface area contributed by atoms with E-state index in [1.807, 2.05) is 0 Å². The van der Waals surface area contributed by atoms with Gasteiger partial charge in [0.15, 0.2) is 5.82 Å². The van der Waals surface area contributed by atoms with Crippen molar-refractivity contribution in [2.24, 2.45) is 0 Å². The van der Waals surface area contributed by atoms with E-state index < -0.39 is 28.8 Å². The van der Waals surface area contributed by atoms with Crippen LogP contribution in [-0.2, 0) is 0 Å². The number of hydrogen-bond acceptors (Lipinski definition) is 2. The molecule has 2 aromatic rings. The van der Waals surface area contributed by atoms with Gasteiger partial charge in [0.25, 0.3) is 5.91 Å². The van der Waals surface area contributed by atoms with Crippen molar-refractivity contribution in [3.63, 3.8) is 0 Å². The molecule has 2 rings (SSSR count). The summed E-state index contributed by atoms with van der Waals surface area (Å²) in [6.07, 6.45) is 0. The van der Waals surface area contributed by atoms with E-state index in [4.69, 9.17) is 28.9 Å². The lowest BCUT2D eigenvalue weighted by atomic mass is 10.1. The van der Waals surface area contributed by atoms with Crippen molar-refractivity contribution in [1.82, 2.24) is 0 Å². The maximum atomic E-state index is 13.7. The van der Waals surface area contributed by atoms with E-state index in [1.54, 1.807) is 0 Å². The van der Waals surface area contributed by atoms with Gasteiger partial charge >= 0.3 is 0 Å². The maximum Gasteiger partial charge on any atom is 0.258 e. The molecular formula is C13H8Cl2F2N2O. The number of amides is 1. The van der Waals surface area contributed by atoms with Crippen LogP contribution in [0, 0.1) is 11.6 Å². The van der Waals surface area contributed by atoms with Crippen molar-refractivity contribution in [1.29, 1.82) is 0 Å². The minimum atomic E-state index is -0.992. The van der Waals surface area contributed by atoms with Crippen molar-refractivity contribution >= 4 is 40.5 Å². The van der Waals surface area contributed by atoms with E-state index >= 15 is 0 Å². The molecule has 0 aliphatic heterocycles. The number of nitrogens with one attached hydrogen (secondary N) is 1. The van der Waals surface area contributed by atoms with Crippen LogP contribution in [-0.4, -0.2) is 5.91 Å². The van der Waals surface area contributed by atoms with Gasteiger partial charge in [-0.25, -0.2) is 8.78 Å². The minimum absolute atomic E-state index is 0.177. The van der Waals surface area contributed by atoms with Gasteiger partial charge in [-0.15, -0.1) is 0 Å². The fourth-order valence-electron chi connectivity index (χ4n) is 1.56. The van der Waals surface area contributed by atoms with Gasteiger partial charge in [0.2, 0.25) is 0 Å². The number of carbonyl (C=O) groups is 1. The summed E-state index contributed by atoms with van der Waals surface area (Å²) in [5.41, 5.74) is 4.54. The topological polar surface area (TPSA) is 55.1 Å². The molecule has 0 aliphatic carbocycles. The van der Waals surface area contributed by atoms with Crippen molar-refractivity contribution < 1.29 is 13.6 Å². The van der Waals surface area contributed by atoms with Crippen LogP contribution in [0.5, 0.6) is 0 Å². The summed E-state index contributed by atoms with van der Waals surface area (Å²) in [5, 5.41) is 2.92. The molecule has 0 aliphatic rings. The Morgan fingerprint density at radius 1 is 1.15 bits per heavy atom. The Bertz CT molecular complexity index is 692. The Labute approximate surface area is 123 Å². The highest BCUT2D eigenvalue weighted by atomic mass is 35.5. The average molecular weight is 317 g/mol. The largest absolute Gasteiger partial charge is 0.396 e. The summed E-state index contributed by atoms with van der Waals surface area (Å²) >= 11 is 11.6. The van der Waals surface area contributed by atoms with Crippen LogP contribution in [0.1, 0.15) is 10.4 Å². The standard InChI is InChI=1S/C13H8Cl2F2N2O/c14-6-1-2-11(9(15)3-6)19-13(20)8-4-7(16)5-10(18)12(8)17/h1-5H,18H2,(H,19,20). The molecule has 0 radical (unpaired) electrons. The number of carbonyl (C=O) groups excluding carboxylic acids is 1. The second-order valence-corrected chi connectivity index (χ2v) is 4.78. The quantitative estimate of drug-likeness (QED) is 0.819. The molecule has 1 amide bonds. The lowest BCUT2D eigenvalue weighted by molar-refractivity contribution is 0.102. The number of benzene rings is 2. The van der Waals surface area contributed by atoms with E-state index in [-0.39, 0.29) is 10.7 Å². The molecule has 104 valence electrons. The van der Waals surface area contributed by atoms with E-state index in [0.717, 1.165) is 12.1 Å². The minimum Gasteiger partial charge on any atom is -0.396 e. The zero-order valence-corrected chi connectivity index (χ0v) is 11.4. The smallest absolute Gasteiger partial charge is 0.258 e. The molecule has 0 saturated carbocycles. The molecule has 0 aromatic heterocycles. The molecule has 3 N–H and O–H groups in total. The summed E-state index contributed by atoms with van der Waals surface area (Å²) in [7, 11) is 0. The lowest BCUT2D eigenvalue weighted by Crippen LogP contribution is -2.15. The van der Waals surface area contributed by atoms with Gasteiger partial charge in [0.05, 0.1) is 22.0 Å². The van der Waals surface area contributed by atoms with Gasteiger partial charge < -0.3 is 11.1 Å². The zero-order chi connectivity index (χ0) is 14.9. The van der Waals surface area contributed by atoms with Gasteiger partial charge in [-0.3, -0.25) is 4.79 Å². The first-order valence-corrected chi connectivity index (χ1v) is 6.15. The van der Waals surface area contributed by atoms with Crippen LogP contribution in [0.25, 0.3) is 0 Å². The highest BCUT2D eigenvalue weighted by Gasteiger charge is 2.17. The van der Waals surface area contributed by atoms with Crippen molar-refractivity contribution in [3.8, 4) is 0 Å². The van der Waals surface area contributed by atoms with Crippen LogP contribution in [0.3, 0.4) is 0 Å². The van der Waals surface area contributed by atoms with Crippen LogP contribution in [0.15, 0.2) is 30.3 Å². The predicted octanol–water partition coefficient (Wildman–Crippen LogP) is 4.11. The molecular weight excluding hydrogens is 309 g/mol. The fraction of sp³-hybridized carbons (Fsp3) is 0. The Kier molecular flexibility index (Phi) is 4.11. The van der Waals surface area contributed by atoms with E-state index in [1.165, 1.54) is 18.2 Å². The van der Waals surface area contributed by atoms with Crippen molar-refractivity contribution in [2.75, 3.05) is 11.1 Å². The van der Waals surface area contributed by atoms with Crippen molar-refractivity contribution in [2.45, 2.75) is 0 Å². The molecule has 0 bridgehead atoms. The van der Waals surface area contributed by atoms with Crippen LogP contribution in [0.2, 0.25) is 10.0 Å². The monoisotopic (exact) mass is 316 g/mol. The summed E-state index contributed by atoms with van der Waals surface area (Å²) in [6.45, 7) is 0.